The first-order valence-electron chi connectivity index (χ1n) is 8.66. The van der Waals surface area contributed by atoms with Crippen LogP contribution in [0.3, 0.4) is 0 Å². The highest BCUT2D eigenvalue weighted by molar-refractivity contribution is 7.87. The molecule has 0 spiro atoms. The molecular formula is C17H25N3O3S. The molecule has 0 aliphatic carbocycles. The molecule has 1 fully saturated rings. The first kappa shape index (κ1) is 17.4. The Hall–Kier alpha value is -1.44. The van der Waals surface area contributed by atoms with E-state index in [4.69, 9.17) is 0 Å². The van der Waals surface area contributed by atoms with Gasteiger partial charge in [-0.2, -0.15) is 17.4 Å². The third kappa shape index (κ3) is 3.96. The molecule has 24 heavy (non-hydrogen) atoms. The molecule has 3 rings (SSSR count). The van der Waals surface area contributed by atoms with Crippen LogP contribution in [0.1, 0.15) is 56.2 Å². The molecular weight excluding hydrogens is 326 g/mol. The van der Waals surface area contributed by atoms with Crippen LogP contribution in [-0.2, 0) is 21.4 Å². The molecule has 2 N–H and O–H groups in total. The van der Waals surface area contributed by atoms with Gasteiger partial charge in [0.2, 0.25) is 5.91 Å². The van der Waals surface area contributed by atoms with Crippen LogP contribution in [0, 0.1) is 0 Å². The fraction of sp³-hybridized carbons (Fsp3) is 0.588. The summed E-state index contributed by atoms with van der Waals surface area (Å²) in [6, 6.07) is 5.42. The lowest BCUT2D eigenvalue weighted by Crippen LogP contribution is -2.42. The molecule has 6 nitrogen and oxygen atoms in total. The highest BCUT2D eigenvalue weighted by atomic mass is 32.2. The molecule has 1 atom stereocenters. The number of anilines is 1. The second kappa shape index (κ2) is 7.21. The molecule has 2 aliphatic heterocycles. The lowest BCUT2D eigenvalue weighted by atomic mass is 9.98. The monoisotopic (exact) mass is 351 g/mol. The predicted molar refractivity (Wildman–Crippen MR) is 93.9 cm³/mol. The minimum atomic E-state index is -3.47. The van der Waals surface area contributed by atoms with Crippen molar-refractivity contribution in [2.45, 2.75) is 51.5 Å². The minimum Gasteiger partial charge on any atom is -0.326 e. The van der Waals surface area contributed by atoms with Crippen LogP contribution in [0.25, 0.3) is 0 Å². The summed E-state index contributed by atoms with van der Waals surface area (Å²) < 4.78 is 29.6. The quantitative estimate of drug-likeness (QED) is 0.874. The SMILES string of the molecule is CC(NS(=O)(=O)N1CCCCCC1)c1ccc2c(c1)CCC(=O)N2. The van der Waals surface area contributed by atoms with E-state index in [1.165, 1.54) is 0 Å². The predicted octanol–water partition coefficient (Wildman–Crippen LogP) is 2.34. The number of fused-ring (bicyclic) bond motifs is 1. The third-order valence-corrected chi connectivity index (χ3v) is 6.45. The van der Waals surface area contributed by atoms with Crippen LogP contribution in [0.5, 0.6) is 0 Å². The van der Waals surface area contributed by atoms with Crippen LogP contribution in [0.15, 0.2) is 18.2 Å². The van der Waals surface area contributed by atoms with Crippen molar-refractivity contribution in [3.05, 3.63) is 29.3 Å². The zero-order valence-corrected chi connectivity index (χ0v) is 14.9. The summed E-state index contributed by atoms with van der Waals surface area (Å²) in [6.07, 6.45) is 5.21. The molecule has 0 radical (unpaired) electrons. The van der Waals surface area contributed by atoms with Crippen molar-refractivity contribution < 1.29 is 13.2 Å². The van der Waals surface area contributed by atoms with E-state index in [9.17, 15) is 13.2 Å². The third-order valence-electron chi connectivity index (χ3n) is 4.76. The molecule has 1 unspecified atom stereocenters. The average molecular weight is 351 g/mol. The van der Waals surface area contributed by atoms with Crippen molar-refractivity contribution in [1.82, 2.24) is 9.03 Å². The van der Waals surface area contributed by atoms with Crippen LogP contribution >= 0.6 is 0 Å². The number of carbonyl (C=O) groups excluding carboxylic acids is 1. The van der Waals surface area contributed by atoms with Crippen molar-refractivity contribution >= 4 is 21.8 Å². The van der Waals surface area contributed by atoms with Gasteiger partial charge >= 0.3 is 0 Å². The fourth-order valence-corrected chi connectivity index (χ4v) is 4.79. The maximum atomic E-state index is 12.6. The highest BCUT2D eigenvalue weighted by Crippen LogP contribution is 2.26. The number of amides is 1. The Balaban J connectivity index is 1.72. The molecule has 1 aromatic rings. The zero-order valence-electron chi connectivity index (χ0n) is 14.0. The normalized spacial score (nSPS) is 20.8. The zero-order chi connectivity index (χ0) is 17.2. The van der Waals surface area contributed by atoms with E-state index in [0.29, 0.717) is 25.9 Å². The van der Waals surface area contributed by atoms with Crippen molar-refractivity contribution in [3.63, 3.8) is 0 Å². The first-order valence-corrected chi connectivity index (χ1v) is 10.1. The van der Waals surface area contributed by atoms with E-state index in [2.05, 4.69) is 10.0 Å². The number of nitrogens with zero attached hydrogens (tertiary/aromatic N) is 1. The van der Waals surface area contributed by atoms with Crippen LogP contribution in [0.2, 0.25) is 0 Å². The molecule has 0 saturated carbocycles. The first-order chi connectivity index (χ1) is 11.5. The number of rotatable bonds is 4. The van der Waals surface area contributed by atoms with Crippen LogP contribution in [0.4, 0.5) is 5.69 Å². The molecule has 1 saturated heterocycles. The van der Waals surface area contributed by atoms with Gasteiger partial charge in [-0.05, 0) is 43.4 Å². The summed E-state index contributed by atoms with van der Waals surface area (Å²) >= 11 is 0. The summed E-state index contributed by atoms with van der Waals surface area (Å²) in [5.74, 6) is 0.0326. The Bertz CT molecular complexity index is 710. The van der Waals surface area contributed by atoms with Gasteiger partial charge in [0.05, 0.1) is 0 Å². The minimum absolute atomic E-state index is 0.0326. The average Bonchev–Trinajstić information content (AvgIpc) is 2.83. The van der Waals surface area contributed by atoms with E-state index in [0.717, 1.165) is 42.5 Å². The Morgan fingerprint density at radius 3 is 2.54 bits per heavy atom. The van der Waals surface area contributed by atoms with Crippen molar-refractivity contribution in [2.75, 3.05) is 18.4 Å². The molecule has 0 bridgehead atoms. The highest BCUT2D eigenvalue weighted by Gasteiger charge is 2.25. The number of nitrogens with one attached hydrogen (secondary N) is 2. The van der Waals surface area contributed by atoms with E-state index >= 15 is 0 Å². The summed E-state index contributed by atoms with van der Waals surface area (Å²) in [7, 11) is -3.47. The molecule has 1 aromatic carbocycles. The van der Waals surface area contributed by atoms with Gasteiger partial charge in [-0.3, -0.25) is 4.79 Å². The number of carbonyl (C=O) groups is 1. The fourth-order valence-electron chi connectivity index (χ4n) is 3.32. The molecule has 7 heteroatoms. The van der Waals surface area contributed by atoms with Gasteiger partial charge in [-0.25, -0.2) is 0 Å². The van der Waals surface area contributed by atoms with Crippen LogP contribution < -0.4 is 10.0 Å². The largest absolute Gasteiger partial charge is 0.326 e. The second-order valence-corrected chi connectivity index (χ2v) is 8.32. The van der Waals surface area contributed by atoms with Crippen molar-refractivity contribution in [2.24, 2.45) is 0 Å². The standard InChI is InChI=1S/C17H25N3O3S/c1-13(19-24(22,23)20-10-4-2-3-5-11-20)14-6-8-16-15(12-14)7-9-17(21)18-16/h6,8,12-13,19H,2-5,7,9-11H2,1H3,(H,18,21). The Labute approximate surface area is 143 Å². The second-order valence-electron chi connectivity index (χ2n) is 6.62. The lowest BCUT2D eigenvalue weighted by Gasteiger charge is -2.24. The lowest BCUT2D eigenvalue weighted by molar-refractivity contribution is -0.116. The summed E-state index contributed by atoms with van der Waals surface area (Å²) in [6.45, 7) is 3.05. The summed E-state index contributed by atoms with van der Waals surface area (Å²) in [4.78, 5) is 11.4. The van der Waals surface area contributed by atoms with Gasteiger partial charge in [0.15, 0.2) is 0 Å². The smallest absolute Gasteiger partial charge is 0.279 e. The van der Waals surface area contributed by atoms with E-state index in [-0.39, 0.29) is 11.9 Å². The van der Waals surface area contributed by atoms with E-state index < -0.39 is 10.2 Å². The maximum Gasteiger partial charge on any atom is 0.279 e. The summed E-state index contributed by atoms with van der Waals surface area (Å²) in [5, 5.41) is 2.85. The van der Waals surface area contributed by atoms with Crippen molar-refractivity contribution in [1.29, 1.82) is 0 Å². The van der Waals surface area contributed by atoms with Gasteiger partial charge in [-0.1, -0.05) is 25.0 Å². The molecule has 132 valence electrons. The number of benzene rings is 1. The Morgan fingerprint density at radius 2 is 1.83 bits per heavy atom. The van der Waals surface area contributed by atoms with E-state index in [1.807, 2.05) is 25.1 Å². The number of hydrogen-bond acceptors (Lipinski definition) is 3. The Morgan fingerprint density at radius 1 is 1.12 bits per heavy atom. The number of aryl methyl sites for hydroxylation is 1. The van der Waals surface area contributed by atoms with Gasteiger partial charge in [0.1, 0.15) is 0 Å². The number of hydrogen-bond donors (Lipinski definition) is 2. The van der Waals surface area contributed by atoms with Gasteiger partial charge in [-0.15, -0.1) is 0 Å². The Kier molecular flexibility index (Phi) is 5.22. The van der Waals surface area contributed by atoms with Crippen molar-refractivity contribution in [3.8, 4) is 0 Å². The van der Waals surface area contributed by atoms with Gasteiger partial charge in [0, 0.05) is 31.2 Å². The summed E-state index contributed by atoms with van der Waals surface area (Å²) in [5.41, 5.74) is 2.81. The maximum absolute atomic E-state index is 12.6. The topological polar surface area (TPSA) is 78.5 Å². The van der Waals surface area contributed by atoms with E-state index in [1.54, 1.807) is 4.31 Å². The molecule has 0 aromatic heterocycles. The molecule has 2 aliphatic rings. The van der Waals surface area contributed by atoms with Crippen LogP contribution in [-0.4, -0.2) is 31.7 Å². The molecule has 1 amide bonds. The van der Waals surface area contributed by atoms with Gasteiger partial charge < -0.3 is 5.32 Å². The van der Waals surface area contributed by atoms with Gasteiger partial charge in [0.25, 0.3) is 10.2 Å². The molecule has 2 heterocycles.